The predicted octanol–water partition coefficient (Wildman–Crippen LogP) is 1.91. The Balaban J connectivity index is 1.87. The number of benzene rings is 2. The third-order valence-corrected chi connectivity index (χ3v) is 3.27. The van der Waals surface area contributed by atoms with Crippen molar-refractivity contribution in [2.24, 2.45) is 5.73 Å². The van der Waals surface area contributed by atoms with Crippen LogP contribution in [-0.4, -0.2) is 28.6 Å². The van der Waals surface area contributed by atoms with Crippen molar-refractivity contribution in [3.8, 4) is 11.5 Å². The zero-order valence-electron chi connectivity index (χ0n) is 12.3. The van der Waals surface area contributed by atoms with Crippen LogP contribution in [0, 0.1) is 0 Å². The Hall–Kier alpha value is -2.86. The molecule has 1 unspecified atom stereocenters. The van der Waals surface area contributed by atoms with E-state index in [0.29, 0.717) is 11.1 Å². The van der Waals surface area contributed by atoms with Gasteiger partial charge in [-0.1, -0.05) is 36.4 Å². The molecule has 0 spiro atoms. The Labute approximate surface area is 133 Å². The minimum Gasteiger partial charge on any atom is -0.504 e. The standard InChI is InChI=1S/C17H17NO5/c18-13(12-6-7-14(19)15(20)8-12)9-17(22)23-10-16(21)11-4-2-1-3-5-11/h1-8,13,19-20H,9-10,18H2. The lowest BCUT2D eigenvalue weighted by molar-refractivity contribution is -0.142. The van der Waals surface area contributed by atoms with Gasteiger partial charge in [-0.25, -0.2) is 0 Å². The molecule has 0 heterocycles. The molecule has 2 aromatic carbocycles. The molecule has 0 aliphatic rings. The van der Waals surface area contributed by atoms with E-state index in [4.69, 9.17) is 10.5 Å². The minimum atomic E-state index is -0.708. The molecular weight excluding hydrogens is 298 g/mol. The van der Waals surface area contributed by atoms with Gasteiger partial charge in [0.05, 0.1) is 6.42 Å². The van der Waals surface area contributed by atoms with Gasteiger partial charge in [0.15, 0.2) is 23.9 Å². The van der Waals surface area contributed by atoms with Gasteiger partial charge in [-0.15, -0.1) is 0 Å². The molecule has 1 atom stereocenters. The highest BCUT2D eigenvalue weighted by molar-refractivity contribution is 5.97. The second kappa shape index (κ2) is 7.42. The highest BCUT2D eigenvalue weighted by Gasteiger charge is 2.16. The van der Waals surface area contributed by atoms with E-state index in [1.165, 1.54) is 18.2 Å². The number of aromatic hydroxyl groups is 2. The van der Waals surface area contributed by atoms with Crippen molar-refractivity contribution in [1.82, 2.24) is 0 Å². The van der Waals surface area contributed by atoms with Crippen molar-refractivity contribution in [1.29, 1.82) is 0 Å². The molecule has 2 rings (SSSR count). The van der Waals surface area contributed by atoms with E-state index in [1.807, 2.05) is 0 Å². The van der Waals surface area contributed by atoms with Gasteiger partial charge in [0, 0.05) is 11.6 Å². The lowest BCUT2D eigenvalue weighted by Crippen LogP contribution is -2.20. The zero-order chi connectivity index (χ0) is 16.8. The number of rotatable bonds is 6. The van der Waals surface area contributed by atoms with Crippen LogP contribution in [0.25, 0.3) is 0 Å². The van der Waals surface area contributed by atoms with Crippen LogP contribution in [0.5, 0.6) is 11.5 Å². The summed E-state index contributed by atoms with van der Waals surface area (Å²) in [4.78, 5) is 23.6. The smallest absolute Gasteiger partial charge is 0.308 e. The molecule has 23 heavy (non-hydrogen) atoms. The molecular formula is C17H17NO5. The quantitative estimate of drug-likeness (QED) is 0.427. The van der Waals surface area contributed by atoms with Gasteiger partial charge in [0.1, 0.15) is 0 Å². The number of carbonyl (C=O) groups is 2. The fourth-order valence-electron chi connectivity index (χ4n) is 1.98. The van der Waals surface area contributed by atoms with Crippen LogP contribution in [0.1, 0.15) is 28.4 Å². The molecule has 120 valence electrons. The molecule has 0 aliphatic carbocycles. The van der Waals surface area contributed by atoms with Gasteiger partial charge in [-0.3, -0.25) is 9.59 Å². The Morgan fingerprint density at radius 1 is 1.04 bits per heavy atom. The van der Waals surface area contributed by atoms with E-state index in [1.54, 1.807) is 30.3 Å². The third-order valence-electron chi connectivity index (χ3n) is 3.27. The van der Waals surface area contributed by atoms with Gasteiger partial charge in [0.2, 0.25) is 0 Å². The van der Waals surface area contributed by atoms with Crippen LogP contribution < -0.4 is 5.73 Å². The maximum Gasteiger partial charge on any atom is 0.308 e. The van der Waals surface area contributed by atoms with Crippen molar-refractivity contribution >= 4 is 11.8 Å². The highest BCUT2D eigenvalue weighted by atomic mass is 16.5. The summed E-state index contributed by atoms with van der Waals surface area (Å²) in [6.45, 7) is -0.351. The first-order chi connectivity index (χ1) is 11.0. The molecule has 0 fully saturated rings. The van der Waals surface area contributed by atoms with Crippen LogP contribution in [0.2, 0.25) is 0 Å². The number of Topliss-reactive ketones (excluding diaryl/α,β-unsaturated/α-hetero) is 1. The average molecular weight is 315 g/mol. The lowest BCUT2D eigenvalue weighted by Gasteiger charge is -2.12. The summed E-state index contributed by atoms with van der Waals surface area (Å²) in [5, 5.41) is 18.7. The molecule has 0 saturated carbocycles. The van der Waals surface area contributed by atoms with Gasteiger partial charge in [-0.2, -0.15) is 0 Å². The molecule has 4 N–H and O–H groups in total. The molecule has 0 aromatic heterocycles. The van der Waals surface area contributed by atoms with Crippen LogP contribution in [0.3, 0.4) is 0 Å². The summed E-state index contributed by atoms with van der Waals surface area (Å²) >= 11 is 0. The summed E-state index contributed by atoms with van der Waals surface area (Å²) < 4.78 is 4.92. The number of nitrogens with two attached hydrogens (primary N) is 1. The van der Waals surface area contributed by atoms with Gasteiger partial charge >= 0.3 is 5.97 Å². The molecule has 0 radical (unpaired) electrons. The summed E-state index contributed by atoms with van der Waals surface area (Å²) in [6, 6.07) is 11.9. The molecule has 6 nitrogen and oxygen atoms in total. The molecule has 2 aromatic rings. The number of carbonyl (C=O) groups excluding carboxylic acids is 2. The fraction of sp³-hybridized carbons (Fsp3) is 0.176. The Bertz CT molecular complexity index is 699. The summed E-state index contributed by atoms with van der Waals surface area (Å²) in [5.41, 5.74) is 6.80. The first-order valence-corrected chi connectivity index (χ1v) is 6.98. The van der Waals surface area contributed by atoms with Crippen molar-refractivity contribution in [3.05, 3.63) is 59.7 Å². The Kier molecular flexibility index (Phi) is 5.32. The highest BCUT2D eigenvalue weighted by Crippen LogP contribution is 2.28. The largest absolute Gasteiger partial charge is 0.504 e. The third kappa shape index (κ3) is 4.55. The minimum absolute atomic E-state index is 0.147. The summed E-state index contributed by atoms with van der Waals surface area (Å²) in [7, 11) is 0. The van der Waals surface area contributed by atoms with Crippen LogP contribution >= 0.6 is 0 Å². The number of hydrogen-bond donors (Lipinski definition) is 3. The van der Waals surface area contributed by atoms with E-state index >= 15 is 0 Å². The number of phenolic OH excluding ortho intramolecular Hbond substituents is 2. The normalized spacial score (nSPS) is 11.7. The Morgan fingerprint density at radius 2 is 1.74 bits per heavy atom. The van der Waals surface area contributed by atoms with Crippen LogP contribution in [0.15, 0.2) is 48.5 Å². The topological polar surface area (TPSA) is 110 Å². The monoisotopic (exact) mass is 315 g/mol. The zero-order valence-corrected chi connectivity index (χ0v) is 12.3. The number of ketones is 1. The summed E-state index contributed by atoms with van der Waals surface area (Å²) in [5.74, 6) is -1.49. The molecule has 0 aliphatic heterocycles. The van der Waals surface area contributed by atoms with E-state index in [-0.39, 0.29) is 30.3 Å². The van der Waals surface area contributed by atoms with E-state index in [9.17, 15) is 19.8 Å². The van der Waals surface area contributed by atoms with Crippen molar-refractivity contribution < 1.29 is 24.5 Å². The maximum absolute atomic E-state index is 11.8. The molecule has 0 amide bonds. The SMILES string of the molecule is NC(CC(=O)OCC(=O)c1ccccc1)c1ccc(O)c(O)c1. The van der Waals surface area contributed by atoms with Gasteiger partial charge in [-0.05, 0) is 17.7 Å². The number of phenols is 2. The van der Waals surface area contributed by atoms with Crippen molar-refractivity contribution in [3.63, 3.8) is 0 Å². The average Bonchev–Trinajstić information content (AvgIpc) is 2.55. The van der Waals surface area contributed by atoms with Crippen LogP contribution in [-0.2, 0) is 9.53 Å². The second-order valence-corrected chi connectivity index (χ2v) is 5.01. The number of esters is 1. The lowest BCUT2D eigenvalue weighted by atomic mass is 10.0. The molecule has 0 saturated heterocycles. The van der Waals surface area contributed by atoms with E-state index < -0.39 is 12.0 Å². The first kappa shape index (κ1) is 16.5. The first-order valence-electron chi connectivity index (χ1n) is 6.98. The Morgan fingerprint density at radius 3 is 2.39 bits per heavy atom. The number of hydrogen-bond acceptors (Lipinski definition) is 6. The fourth-order valence-corrected chi connectivity index (χ4v) is 1.98. The van der Waals surface area contributed by atoms with Crippen molar-refractivity contribution in [2.45, 2.75) is 12.5 Å². The molecule has 6 heteroatoms. The number of ether oxygens (including phenoxy) is 1. The summed E-state index contributed by atoms with van der Waals surface area (Å²) in [6.07, 6.45) is -0.147. The van der Waals surface area contributed by atoms with Gasteiger partial charge in [0.25, 0.3) is 0 Å². The predicted molar refractivity (Wildman–Crippen MR) is 83.0 cm³/mol. The van der Waals surface area contributed by atoms with Crippen LogP contribution in [0.4, 0.5) is 0 Å². The molecule has 0 bridgehead atoms. The van der Waals surface area contributed by atoms with Gasteiger partial charge < -0.3 is 20.7 Å². The van der Waals surface area contributed by atoms with E-state index in [0.717, 1.165) is 0 Å². The van der Waals surface area contributed by atoms with E-state index in [2.05, 4.69) is 0 Å². The second-order valence-electron chi connectivity index (χ2n) is 5.01. The maximum atomic E-state index is 11.8. The van der Waals surface area contributed by atoms with Crippen molar-refractivity contribution in [2.75, 3.05) is 6.61 Å².